The SMILES string of the molecule is O=C(C1=CC2CC=C(c3ccccc3)COC2C=C1)c1ccc2c(c1)CCC(c1ccccc1)CO2. The molecule has 3 heteroatoms. The number of hydrogen-bond acceptors (Lipinski definition) is 3. The van der Waals surface area contributed by atoms with Gasteiger partial charge in [-0.25, -0.2) is 0 Å². The van der Waals surface area contributed by atoms with Crippen LogP contribution >= 0.6 is 0 Å². The lowest BCUT2D eigenvalue weighted by molar-refractivity contribution is 0.0856. The highest BCUT2D eigenvalue weighted by Crippen LogP contribution is 2.34. The first-order chi connectivity index (χ1) is 17.7. The third-order valence-corrected chi connectivity index (χ3v) is 7.55. The Morgan fingerprint density at radius 2 is 1.72 bits per heavy atom. The first-order valence-corrected chi connectivity index (χ1v) is 12.9. The second-order valence-electron chi connectivity index (χ2n) is 9.86. The summed E-state index contributed by atoms with van der Waals surface area (Å²) in [5.74, 6) is 1.48. The Morgan fingerprint density at radius 1 is 0.917 bits per heavy atom. The summed E-state index contributed by atoms with van der Waals surface area (Å²) in [5.41, 5.74) is 6.30. The van der Waals surface area contributed by atoms with Crippen molar-refractivity contribution in [3.05, 3.63) is 131 Å². The Labute approximate surface area is 212 Å². The average molecular weight is 475 g/mol. The lowest BCUT2D eigenvalue weighted by atomic mass is 9.87. The third-order valence-electron chi connectivity index (χ3n) is 7.55. The van der Waals surface area contributed by atoms with Crippen LogP contribution in [0.15, 0.2) is 109 Å². The quantitative estimate of drug-likeness (QED) is 0.383. The minimum atomic E-state index is -0.00521. The summed E-state index contributed by atoms with van der Waals surface area (Å²) in [6.07, 6.45) is 11.1. The number of rotatable bonds is 4. The summed E-state index contributed by atoms with van der Waals surface area (Å²) in [4.78, 5) is 13.5. The van der Waals surface area contributed by atoms with E-state index in [0.717, 1.165) is 41.7 Å². The smallest absolute Gasteiger partial charge is 0.192 e. The van der Waals surface area contributed by atoms with Crippen LogP contribution in [0.25, 0.3) is 5.57 Å². The lowest BCUT2D eigenvalue weighted by Gasteiger charge is -2.23. The van der Waals surface area contributed by atoms with Crippen molar-refractivity contribution in [3.63, 3.8) is 0 Å². The average Bonchev–Trinajstić information content (AvgIpc) is 3.29. The van der Waals surface area contributed by atoms with Crippen LogP contribution in [0.2, 0.25) is 0 Å². The number of ether oxygens (including phenoxy) is 2. The van der Waals surface area contributed by atoms with Crippen molar-refractivity contribution in [2.24, 2.45) is 5.92 Å². The summed E-state index contributed by atoms with van der Waals surface area (Å²) >= 11 is 0. The highest BCUT2D eigenvalue weighted by molar-refractivity contribution is 6.11. The predicted molar refractivity (Wildman–Crippen MR) is 143 cm³/mol. The largest absolute Gasteiger partial charge is 0.493 e. The molecule has 0 N–H and O–H groups in total. The molecule has 3 aromatic carbocycles. The fraction of sp³-hybridized carbons (Fsp3) is 0.242. The first-order valence-electron chi connectivity index (χ1n) is 12.9. The normalized spacial score (nSPS) is 23.2. The Bertz CT molecular complexity index is 1330. The second-order valence-corrected chi connectivity index (χ2v) is 9.86. The van der Waals surface area contributed by atoms with Gasteiger partial charge < -0.3 is 9.47 Å². The molecule has 0 saturated heterocycles. The maximum atomic E-state index is 13.5. The maximum absolute atomic E-state index is 13.5. The molecule has 3 aliphatic rings. The standard InChI is InChI=1S/C33H30O3/c34-33(27-15-17-31-25(19-27)11-13-29(21-35-31)23-7-3-1-4-8-23)28-16-18-32-26(20-28)12-14-30(22-36-32)24-9-5-2-6-10-24/h1-10,13,15-20,25,30-31H,11-12,14,21-22H2. The topological polar surface area (TPSA) is 35.5 Å². The Morgan fingerprint density at radius 3 is 2.56 bits per heavy atom. The Balaban J connectivity index is 1.18. The molecule has 3 unspecified atom stereocenters. The molecule has 6 rings (SSSR count). The molecule has 2 heterocycles. The van der Waals surface area contributed by atoms with Gasteiger partial charge in [-0.1, -0.05) is 85.0 Å². The molecule has 0 bridgehead atoms. The number of hydrogen-bond donors (Lipinski definition) is 0. The van der Waals surface area contributed by atoms with Crippen molar-refractivity contribution in [1.82, 2.24) is 0 Å². The monoisotopic (exact) mass is 474 g/mol. The molecule has 0 aromatic heterocycles. The summed E-state index contributed by atoms with van der Waals surface area (Å²) in [6.45, 7) is 1.25. The molecule has 0 radical (unpaired) electrons. The van der Waals surface area contributed by atoms with Gasteiger partial charge in [-0.2, -0.15) is 0 Å². The van der Waals surface area contributed by atoms with Gasteiger partial charge in [0, 0.05) is 23.0 Å². The van der Waals surface area contributed by atoms with Gasteiger partial charge in [-0.05, 0) is 59.7 Å². The highest BCUT2D eigenvalue weighted by Gasteiger charge is 2.27. The predicted octanol–water partition coefficient (Wildman–Crippen LogP) is 6.96. The van der Waals surface area contributed by atoms with Crippen molar-refractivity contribution >= 4 is 11.4 Å². The van der Waals surface area contributed by atoms with Crippen molar-refractivity contribution in [1.29, 1.82) is 0 Å². The molecule has 2 aliphatic heterocycles. The van der Waals surface area contributed by atoms with Crippen LogP contribution in [0.4, 0.5) is 0 Å². The van der Waals surface area contributed by atoms with E-state index in [0.29, 0.717) is 19.1 Å². The fourth-order valence-electron chi connectivity index (χ4n) is 5.45. The Hall–Kier alpha value is -3.69. The number of carbonyl (C=O) groups excluding carboxylic acids is 1. The molecular weight excluding hydrogens is 444 g/mol. The van der Waals surface area contributed by atoms with Crippen LogP contribution in [0.3, 0.4) is 0 Å². The van der Waals surface area contributed by atoms with Crippen LogP contribution in [-0.2, 0) is 11.2 Å². The number of Topliss-reactive ketones (excluding diaryl/α,β-unsaturated/α-hetero) is 1. The second kappa shape index (κ2) is 10.1. The Kier molecular flexibility index (Phi) is 6.40. The van der Waals surface area contributed by atoms with E-state index in [1.807, 2.05) is 36.4 Å². The third kappa shape index (κ3) is 4.72. The molecule has 3 nitrogen and oxygen atoms in total. The molecule has 1 aliphatic carbocycles. The zero-order valence-electron chi connectivity index (χ0n) is 20.3. The van der Waals surface area contributed by atoms with E-state index in [4.69, 9.17) is 9.47 Å². The number of allylic oxidation sites excluding steroid dienone is 3. The zero-order chi connectivity index (χ0) is 24.3. The van der Waals surface area contributed by atoms with Crippen LogP contribution in [-0.4, -0.2) is 25.1 Å². The summed E-state index contributed by atoms with van der Waals surface area (Å²) in [6, 6.07) is 26.8. The zero-order valence-corrected chi connectivity index (χ0v) is 20.3. The molecule has 3 aromatic rings. The van der Waals surface area contributed by atoms with Crippen molar-refractivity contribution in [2.45, 2.75) is 31.3 Å². The summed E-state index contributed by atoms with van der Waals surface area (Å²) in [7, 11) is 0. The number of fused-ring (bicyclic) bond motifs is 2. The molecular formula is C33H30O3. The van der Waals surface area contributed by atoms with E-state index in [2.05, 4.69) is 66.8 Å². The van der Waals surface area contributed by atoms with Gasteiger partial charge in [0.05, 0.1) is 19.3 Å². The van der Waals surface area contributed by atoms with E-state index in [9.17, 15) is 4.79 Å². The van der Waals surface area contributed by atoms with Crippen LogP contribution in [0.5, 0.6) is 5.75 Å². The van der Waals surface area contributed by atoms with Crippen molar-refractivity contribution in [2.75, 3.05) is 13.2 Å². The first kappa shape index (κ1) is 22.8. The van der Waals surface area contributed by atoms with Gasteiger partial charge in [-0.15, -0.1) is 0 Å². The van der Waals surface area contributed by atoms with Gasteiger partial charge in [0.2, 0.25) is 0 Å². The van der Waals surface area contributed by atoms with Crippen molar-refractivity contribution in [3.8, 4) is 5.75 Å². The van der Waals surface area contributed by atoms with E-state index in [1.165, 1.54) is 16.7 Å². The van der Waals surface area contributed by atoms with Crippen molar-refractivity contribution < 1.29 is 14.3 Å². The van der Waals surface area contributed by atoms with Gasteiger partial charge in [0.1, 0.15) is 5.75 Å². The fourth-order valence-corrected chi connectivity index (χ4v) is 5.45. The van der Waals surface area contributed by atoms with E-state index >= 15 is 0 Å². The molecule has 0 saturated carbocycles. The van der Waals surface area contributed by atoms with Crippen LogP contribution in [0.1, 0.15) is 45.8 Å². The number of carbonyl (C=O) groups is 1. The van der Waals surface area contributed by atoms with Crippen LogP contribution in [0, 0.1) is 5.92 Å². The molecule has 180 valence electrons. The van der Waals surface area contributed by atoms with Gasteiger partial charge >= 0.3 is 0 Å². The molecule has 36 heavy (non-hydrogen) atoms. The summed E-state index contributed by atoms with van der Waals surface area (Å²) in [5, 5.41) is 0. The van der Waals surface area contributed by atoms with Crippen LogP contribution < -0.4 is 4.74 Å². The minimum Gasteiger partial charge on any atom is -0.493 e. The minimum absolute atomic E-state index is 0.00521. The maximum Gasteiger partial charge on any atom is 0.192 e. The van der Waals surface area contributed by atoms with E-state index in [1.54, 1.807) is 0 Å². The van der Waals surface area contributed by atoms with E-state index in [-0.39, 0.29) is 17.8 Å². The highest BCUT2D eigenvalue weighted by atomic mass is 16.5. The molecule has 0 spiro atoms. The van der Waals surface area contributed by atoms with Gasteiger partial charge in [0.25, 0.3) is 0 Å². The van der Waals surface area contributed by atoms with Gasteiger partial charge in [-0.3, -0.25) is 4.79 Å². The molecule has 3 atom stereocenters. The number of aryl methyl sites for hydroxylation is 1. The molecule has 0 fully saturated rings. The lowest BCUT2D eigenvalue weighted by Crippen LogP contribution is -2.23. The molecule has 0 amide bonds. The van der Waals surface area contributed by atoms with Gasteiger partial charge in [0.15, 0.2) is 5.78 Å². The number of ketones is 1. The number of benzene rings is 3. The summed E-state index contributed by atoms with van der Waals surface area (Å²) < 4.78 is 12.4. The van der Waals surface area contributed by atoms with E-state index < -0.39 is 0 Å².